The van der Waals surface area contributed by atoms with Crippen LogP contribution in [-0.2, 0) is 23.7 Å². The standard InChI is InChI=1S/C21H13F6N5O/c22-20(23,24)12-4-3-11(14(8-12)21(25,26)27)10-29-19-31-17(18(33)32-19)9-13-5-6-15-16(30-13)2-1-7-28-15/h1-9H,10H2,(H2,29,31,32,33)/b17-9-. The van der Waals surface area contributed by atoms with Crippen molar-refractivity contribution in [2.24, 2.45) is 4.99 Å². The van der Waals surface area contributed by atoms with Gasteiger partial charge in [-0.25, -0.2) is 4.98 Å². The van der Waals surface area contributed by atoms with E-state index in [9.17, 15) is 31.1 Å². The number of hydrogen-bond donors (Lipinski definition) is 2. The summed E-state index contributed by atoms with van der Waals surface area (Å²) in [6.45, 7) is -0.515. The third-order valence-corrected chi connectivity index (χ3v) is 4.66. The van der Waals surface area contributed by atoms with E-state index in [1.807, 2.05) is 0 Å². The van der Waals surface area contributed by atoms with Crippen molar-refractivity contribution in [3.8, 4) is 0 Å². The summed E-state index contributed by atoms with van der Waals surface area (Å²) in [6.07, 6.45) is -6.90. The highest BCUT2D eigenvalue weighted by Gasteiger charge is 2.38. The average Bonchev–Trinajstić information content (AvgIpc) is 3.10. The van der Waals surface area contributed by atoms with Gasteiger partial charge in [0.25, 0.3) is 5.91 Å². The number of carbonyl (C=O) groups excluding carboxylic acids is 1. The van der Waals surface area contributed by atoms with Crippen LogP contribution >= 0.6 is 0 Å². The van der Waals surface area contributed by atoms with E-state index in [0.717, 1.165) is 6.07 Å². The Morgan fingerprint density at radius 3 is 2.48 bits per heavy atom. The minimum Gasteiger partial charge on any atom is -0.352 e. The van der Waals surface area contributed by atoms with E-state index in [-0.39, 0.29) is 17.7 Å². The Labute approximate surface area is 182 Å². The van der Waals surface area contributed by atoms with Gasteiger partial charge in [0.1, 0.15) is 5.70 Å². The number of aromatic nitrogens is 2. The fraction of sp³-hybridized carbons (Fsp3) is 0.143. The molecule has 1 aliphatic rings. The van der Waals surface area contributed by atoms with Gasteiger partial charge in [-0.15, -0.1) is 0 Å². The zero-order valence-corrected chi connectivity index (χ0v) is 16.4. The minimum atomic E-state index is -5.00. The molecule has 6 nitrogen and oxygen atoms in total. The summed E-state index contributed by atoms with van der Waals surface area (Å²) in [7, 11) is 0. The Morgan fingerprint density at radius 2 is 1.76 bits per heavy atom. The lowest BCUT2D eigenvalue weighted by Gasteiger charge is -2.16. The van der Waals surface area contributed by atoms with Crippen LogP contribution in [0.25, 0.3) is 17.1 Å². The van der Waals surface area contributed by atoms with Crippen molar-refractivity contribution >= 4 is 29.0 Å². The molecule has 0 spiro atoms. The Morgan fingerprint density at radius 1 is 0.970 bits per heavy atom. The molecular formula is C21H13F6N5O. The van der Waals surface area contributed by atoms with Crippen molar-refractivity contribution in [3.63, 3.8) is 0 Å². The normalized spacial score (nSPS) is 15.6. The van der Waals surface area contributed by atoms with Gasteiger partial charge >= 0.3 is 12.4 Å². The van der Waals surface area contributed by atoms with Crippen LogP contribution in [0.4, 0.5) is 26.3 Å². The molecule has 0 bridgehead atoms. The molecule has 0 radical (unpaired) electrons. The van der Waals surface area contributed by atoms with Gasteiger partial charge in [-0.1, -0.05) is 6.07 Å². The largest absolute Gasteiger partial charge is 0.416 e. The molecule has 3 heterocycles. The highest BCUT2D eigenvalue weighted by atomic mass is 19.4. The molecule has 0 aliphatic carbocycles. The van der Waals surface area contributed by atoms with Crippen molar-refractivity contribution in [2.45, 2.75) is 18.9 Å². The van der Waals surface area contributed by atoms with E-state index in [1.54, 1.807) is 30.5 Å². The summed E-state index contributed by atoms with van der Waals surface area (Å²) < 4.78 is 78.3. The molecule has 2 aromatic heterocycles. The summed E-state index contributed by atoms with van der Waals surface area (Å²) in [5.41, 5.74) is -1.58. The number of halogens is 6. The first kappa shape index (κ1) is 22.2. The van der Waals surface area contributed by atoms with Crippen molar-refractivity contribution in [2.75, 3.05) is 0 Å². The monoisotopic (exact) mass is 465 g/mol. The molecule has 0 saturated carbocycles. The molecular weight excluding hydrogens is 452 g/mol. The van der Waals surface area contributed by atoms with E-state index in [2.05, 4.69) is 25.6 Å². The van der Waals surface area contributed by atoms with Crippen LogP contribution in [0.1, 0.15) is 22.4 Å². The number of fused-ring (bicyclic) bond motifs is 1. The zero-order valence-electron chi connectivity index (χ0n) is 16.4. The van der Waals surface area contributed by atoms with Gasteiger partial charge in [0, 0.05) is 12.7 Å². The quantitative estimate of drug-likeness (QED) is 0.446. The van der Waals surface area contributed by atoms with Gasteiger partial charge < -0.3 is 10.6 Å². The third-order valence-electron chi connectivity index (χ3n) is 4.66. The van der Waals surface area contributed by atoms with Gasteiger partial charge in [0.05, 0.1) is 27.9 Å². The predicted molar refractivity (Wildman–Crippen MR) is 106 cm³/mol. The van der Waals surface area contributed by atoms with Crippen LogP contribution in [-0.4, -0.2) is 21.8 Å². The number of pyridine rings is 2. The fourth-order valence-corrected chi connectivity index (χ4v) is 3.10. The third kappa shape index (κ3) is 4.94. The van der Waals surface area contributed by atoms with E-state index < -0.39 is 41.5 Å². The van der Waals surface area contributed by atoms with Gasteiger partial charge in [-0.05, 0) is 48.0 Å². The second-order valence-electron chi connectivity index (χ2n) is 6.95. The topological polar surface area (TPSA) is 79.3 Å². The highest BCUT2D eigenvalue weighted by molar-refractivity contribution is 6.12. The summed E-state index contributed by atoms with van der Waals surface area (Å²) in [5.74, 6) is -0.823. The number of aliphatic imine (C=N–C) groups is 1. The van der Waals surface area contributed by atoms with Gasteiger partial charge in [0.2, 0.25) is 5.96 Å². The van der Waals surface area contributed by atoms with Gasteiger partial charge in [0.15, 0.2) is 0 Å². The maximum atomic E-state index is 13.3. The molecule has 1 amide bonds. The first-order valence-electron chi connectivity index (χ1n) is 9.35. The number of benzene rings is 1. The Bertz CT molecular complexity index is 1300. The summed E-state index contributed by atoms with van der Waals surface area (Å²) in [4.78, 5) is 24.3. The molecule has 0 saturated heterocycles. The summed E-state index contributed by atoms with van der Waals surface area (Å²) >= 11 is 0. The first-order chi connectivity index (χ1) is 15.5. The van der Waals surface area contributed by atoms with E-state index >= 15 is 0 Å². The molecule has 1 aromatic carbocycles. The highest BCUT2D eigenvalue weighted by Crippen LogP contribution is 2.37. The van der Waals surface area contributed by atoms with Crippen molar-refractivity contribution < 1.29 is 31.1 Å². The number of guanidine groups is 1. The molecule has 170 valence electrons. The van der Waals surface area contributed by atoms with Crippen molar-refractivity contribution in [1.82, 2.24) is 20.6 Å². The Kier molecular flexibility index (Phi) is 5.52. The van der Waals surface area contributed by atoms with Gasteiger partial charge in [-0.2, -0.15) is 31.3 Å². The van der Waals surface area contributed by atoms with Crippen LogP contribution in [0.15, 0.2) is 59.4 Å². The average molecular weight is 465 g/mol. The summed E-state index contributed by atoms with van der Waals surface area (Å²) in [5, 5.41) is 5.14. The Balaban J connectivity index is 1.50. The number of alkyl halides is 6. The lowest BCUT2D eigenvalue weighted by atomic mass is 10.0. The van der Waals surface area contributed by atoms with E-state index in [1.165, 1.54) is 6.08 Å². The minimum absolute atomic E-state index is 0.0247. The molecule has 0 fully saturated rings. The lowest BCUT2D eigenvalue weighted by Crippen LogP contribution is -2.33. The lowest BCUT2D eigenvalue weighted by molar-refractivity contribution is -0.143. The predicted octanol–water partition coefficient (Wildman–Crippen LogP) is 4.28. The SMILES string of the molecule is O=C1N=C(NCc2ccc(C(F)(F)F)cc2C(F)(F)F)N/C1=C\c1ccc2ncccc2n1. The van der Waals surface area contributed by atoms with E-state index in [0.29, 0.717) is 22.8 Å². The molecule has 3 aromatic rings. The molecule has 12 heteroatoms. The number of carbonyl (C=O) groups is 1. The first-order valence-corrected chi connectivity index (χ1v) is 9.35. The number of amides is 1. The van der Waals surface area contributed by atoms with Crippen molar-refractivity contribution in [1.29, 1.82) is 0 Å². The smallest absolute Gasteiger partial charge is 0.352 e. The molecule has 1 aliphatic heterocycles. The number of hydrogen-bond acceptors (Lipinski definition) is 5. The molecule has 33 heavy (non-hydrogen) atoms. The Hall–Kier alpha value is -3.96. The van der Waals surface area contributed by atoms with Crippen LogP contribution < -0.4 is 10.6 Å². The second-order valence-corrected chi connectivity index (χ2v) is 6.95. The van der Waals surface area contributed by atoms with Crippen LogP contribution in [0.2, 0.25) is 0 Å². The fourth-order valence-electron chi connectivity index (χ4n) is 3.10. The summed E-state index contributed by atoms with van der Waals surface area (Å²) in [6, 6.07) is 8.12. The second kappa shape index (κ2) is 8.19. The number of nitrogens with zero attached hydrogens (tertiary/aromatic N) is 3. The maximum absolute atomic E-state index is 13.3. The van der Waals surface area contributed by atoms with Crippen LogP contribution in [0.5, 0.6) is 0 Å². The van der Waals surface area contributed by atoms with Gasteiger partial charge in [-0.3, -0.25) is 9.78 Å². The number of rotatable bonds is 3. The molecule has 0 unspecified atom stereocenters. The van der Waals surface area contributed by atoms with Crippen LogP contribution in [0.3, 0.4) is 0 Å². The van der Waals surface area contributed by atoms with E-state index in [4.69, 9.17) is 0 Å². The number of nitrogens with one attached hydrogen (secondary N) is 2. The molecule has 2 N–H and O–H groups in total. The van der Waals surface area contributed by atoms with Crippen LogP contribution in [0, 0.1) is 0 Å². The molecule has 4 rings (SSSR count). The molecule has 0 atom stereocenters. The van der Waals surface area contributed by atoms with Crippen molar-refractivity contribution in [3.05, 3.63) is 76.7 Å². The maximum Gasteiger partial charge on any atom is 0.416 e. The zero-order chi connectivity index (χ0) is 23.8.